The molecular formula is C21H22N2O2. The average Bonchev–Trinajstić information content (AvgIpc) is 2.58. The Kier molecular flexibility index (Phi) is 4.53. The quantitative estimate of drug-likeness (QED) is 0.628. The Labute approximate surface area is 148 Å². The summed E-state index contributed by atoms with van der Waals surface area (Å²) >= 11 is 0. The lowest BCUT2D eigenvalue weighted by atomic mass is 9.88. The van der Waals surface area contributed by atoms with Crippen molar-refractivity contribution >= 4 is 23.7 Å². The molecule has 4 heteroatoms. The summed E-state index contributed by atoms with van der Waals surface area (Å²) in [4.78, 5) is 31.8. The van der Waals surface area contributed by atoms with Gasteiger partial charge in [-0.25, -0.2) is 4.90 Å². The van der Waals surface area contributed by atoms with E-state index in [-0.39, 0.29) is 17.9 Å². The third-order valence-corrected chi connectivity index (χ3v) is 4.50. The number of hydrogen-bond acceptors (Lipinski definition) is 3. The van der Waals surface area contributed by atoms with E-state index in [2.05, 4.69) is 4.99 Å². The number of carbonyl (C=O) groups excluding carboxylic acids is 2. The van der Waals surface area contributed by atoms with Gasteiger partial charge in [-0.3, -0.25) is 14.6 Å². The Balaban J connectivity index is 2.13. The summed E-state index contributed by atoms with van der Waals surface area (Å²) in [5, 5.41) is 0. The van der Waals surface area contributed by atoms with Crippen molar-refractivity contribution < 1.29 is 9.59 Å². The second-order valence-electron chi connectivity index (χ2n) is 6.70. The molecule has 1 atom stereocenters. The Morgan fingerprint density at radius 3 is 2.44 bits per heavy atom. The van der Waals surface area contributed by atoms with Crippen molar-refractivity contribution in [3.63, 3.8) is 0 Å². The van der Waals surface area contributed by atoms with E-state index in [1.807, 2.05) is 64.1 Å². The van der Waals surface area contributed by atoms with Crippen molar-refractivity contribution in [2.45, 2.75) is 39.7 Å². The molecule has 2 amide bonds. The topological polar surface area (TPSA) is 49.7 Å². The van der Waals surface area contributed by atoms with Crippen LogP contribution in [0.25, 0.3) is 0 Å². The van der Waals surface area contributed by atoms with Crippen LogP contribution in [-0.2, 0) is 4.79 Å². The first kappa shape index (κ1) is 17.1. The maximum atomic E-state index is 13.1. The molecule has 3 rings (SSSR count). The van der Waals surface area contributed by atoms with Crippen LogP contribution in [0.1, 0.15) is 46.8 Å². The summed E-state index contributed by atoms with van der Waals surface area (Å²) in [7, 11) is 0. The summed E-state index contributed by atoms with van der Waals surface area (Å²) in [6.07, 6.45) is 1.67. The van der Waals surface area contributed by atoms with Crippen LogP contribution in [0.15, 0.2) is 47.5 Å². The van der Waals surface area contributed by atoms with E-state index in [1.54, 1.807) is 12.3 Å². The van der Waals surface area contributed by atoms with Crippen molar-refractivity contribution in [3.8, 4) is 0 Å². The van der Waals surface area contributed by atoms with E-state index in [9.17, 15) is 9.59 Å². The molecule has 1 heterocycles. The summed E-state index contributed by atoms with van der Waals surface area (Å²) < 4.78 is 0. The first-order valence-corrected chi connectivity index (χ1v) is 8.48. The summed E-state index contributed by atoms with van der Waals surface area (Å²) in [6, 6.07) is 13.0. The van der Waals surface area contributed by atoms with E-state index >= 15 is 0 Å². The van der Waals surface area contributed by atoms with Gasteiger partial charge in [0.25, 0.3) is 5.91 Å². The molecule has 2 aromatic rings. The number of amides is 2. The van der Waals surface area contributed by atoms with Crippen LogP contribution in [0.2, 0.25) is 0 Å². The molecule has 2 aromatic carbocycles. The van der Waals surface area contributed by atoms with Crippen molar-refractivity contribution in [2.75, 3.05) is 4.90 Å². The number of aliphatic imine (C=N–C) groups is 1. The van der Waals surface area contributed by atoms with Gasteiger partial charge in [0.2, 0.25) is 5.91 Å². The second-order valence-corrected chi connectivity index (χ2v) is 6.70. The minimum atomic E-state index is -0.544. The largest absolute Gasteiger partial charge is 0.294 e. The van der Waals surface area contributed by atoms with E-state index < -0.39 is 5.92 Å². The van der Waals surface area contributed by atoms with E-state index in [1.165, 1.54) is 4.90 Å². The van der Waals surface area contributed by atoms with Crippen molar-refractivity contribution in [1.82, 2.24) is 0 Å². The molecule has 4 nitrogen and oxygen atoms in total. The van der Waals surface area contributed by atoms with Gasteiger partial charge >= 0.3 is 0 Å². The highest BCUT2D eigenvalue weighted by Crippen LogP contribution is 2.32. The number of imide groups is 1. The van der Waals surface area contributed by atoms with Gasteiger partial charge in [0.05, 0.1) is 11.6 Å². The minimum Gasteiger partial charge on any atom is -0.294 e. The monoisotopic (exact) mass is 334 g/mol. The molecule has 128 valence electrons. The lowest BCUT2D eigenvalue weighted by Crippen LogP contribution is -2.45. The number of rotatable bonds is 3. The SMILES string of the molecule is Cc1ccc(N2C(=O)c3ccccc3[C@H](C=NC(C)C)C2=O)cc1C. The Bertz CT molecular complexity index is 868. The van der Waals surface area contributed by atoms with E-state index in [0.717, 1.165) is 16.7 Å². The molecule has 0 saturated heterocycles. The van der Waals surface area contributed by atoms with Gasteiger partial charge < -0.3 is 0 Å². The molecule has 25 heavy (non-hydrogen) atoms. The number of hydrogen-bond donors (Lipinski definition) is 0. The molecule has 0 spiro atoms. The standard InChI is InChI=1S/C21H22N2O2/c1-13(2)22-12-19-17-7-5-6-8-18(17)20(24)23(21(19)25)16-10-9-14(3)15(4)11-16/h5-13,19H,1-4H3/t19-/m0/s1. The van der Waals surface area contributed by atoms with Crippen LogP contribution < -0.4 is 4.90 Å². The van der Waals surface area contributed by atoms with Gasteiger partial charge in [0.1, 0.15) is 0 Å². The van der Waals surface area contributed by atoms with Gasteiger partial charge in [0.15, 0.2) is 0 Å². The molecule has 0 saturated carbocycles. The van der Waals surface area contributed by atoms with Gasteiger partial charge in [-0.1, -0.05) is 24.3 Å². The summed E-state index contributed by atoms with van der Waals surface area (Å²) in [5.74, 6) is -1.08. The van der Waals surface area contributed by atoms with Crippen molar-refractivity contribution in [3.05, 3.63) is 64.7 Å². The fraction of sp³-hybridized carbons (Fsp3) is 0.286. The van der Waals surface area contributed by atoms with E-state index in [4.69, 9.17) is 0 Å². The number of anilines is 1. The highest BCUT2D eigenvalue weighted by Gasteiger charge is 2.38. The number of nitrogens with zero attached hydrogens (tertiary/aromatic N) is 2. The Morgan fingerprint density at radius 2 is 1.76 bits per heavy atom. The number of fused-ring (bicyclic) bond motifs is 1. The maximum absolute atomic E-state index is 13.1. The molecular weight excluding hydrogens is 312 g/mol. The lowest BCUT2D eigenvalue weighted by Gasteiger charge is -2.31. The van der Waals surface area contributed by atoms with Gasteiger partial charge in [-0.05, 0) is 62.6 Å². The van der Waals surface area contributed by atoms with Gasteiger partial charge in [0, 0.05) is 17.8 Å². The molecule has 0 radical (unpaired) electrons. The molecule has 0 aliphatic carbocycles. The van der Waals surface area contributed by atoms with Crippen molar-refractivity contribution in [1.29, 1.82) is 0 Å². The van der Waals surface area contributed by atoms with Crippen LogP contribution in [0.4, 0.5) is 5.69 Å². The molecule has 1 aliphatic heterocycles. The highest BCUT2D eigenvalue weighted by molar-refractivity contribution is 6.29. The first-order valence-electron chi connectivity index (χ1n) is 8.48. The van der Waals surface area contributed by atoms with Crippen LogP contribution in [0, 0.1) is 13.8 Å². The maximum Gasteiger partial charge on any atom is 0.265 e. The Morgan fingerprint density at radius 1 is 1.04 bits per heavy atom. The summed E-state index contributed by atoms with van der Waals surface area (Å²) in [5.41, 5.74) is 4.06. The predicted octanol–water partition coefficient (Wildman–Crippen LogP) is 4.05. The molecule has 1 aliphatic rings. The minimum absolute atomic E-state index is 0.0904. The molecule has 0 N–H and O–H groups in total. The van der Waals surface area contributed by atoms with E-state index in [0.29, 0.717) is 11.3 Å². The average molecular weight is 334 g/mol. The fourth-order valence-electron chi connectivity index (χ4n) is 2.97. The zero-order valence-corrected chi connectivity index (χ0v) is 15.0. The first-order chi connectivity index (χ1) is 11.9. The molecule has 0 bridgehead atoms. The van der Waals surface area contributed by atoms with Crippen molar-refractivity contribution in [2.24, 2.45) is 4.99 Å². The van der Waals surface area contributed by atoms with Gasteiger partial charge in [-0.2, -0.15) is 0 Å². The van der Waals surface area contributed by atoms with Crippen LogP contribution >= 0.6 is 0 Å². The number of carbonyl (C=O) groups is 2. The molecule has 0 aromatic heterocycles. The zero-order chi connectivity index (χ0) is 18.1. The zero-order valence-electron chi connectivity index (χ0n) is 15.0. The predicted molar refractivity (Wildman–Crippen MR) is 101 cm³/mol. The van der Waals surface area contributed by atoms with Crippen LogP contribution in [-0.4, -0.2) is 24.1 Å². The lowest BCUT2D eigenvalue weighted by molar-refractivity contribution is -0.118. The number of aryl methyl sites for hydroxylation is 2. The highest BCUT2D eigenvalue weighted by atomic mass is 16.2. The fourth-order valence-corrected chi connectivity index (χ4v) is 2.97. The molecule has 0 fully saturated rings. The third-order valence-electron chi connectivity index (χ3n) is 4.50. The second kappa shape index (κ2) is 6.63. The number of benzene rings is 2. The Hall–Kier alpha value is -2.75. The smallest absolute Gasteiger partial charge is 0.265 e. The van der Waals surface area contributed by atoms with Crippen LogP contribution in [0.3, 0.4) is 0 Å². The normalized spacial score (nSPS) is 17.5. The van der Waals surface area contributed by atoms with Gasteiger partial charge in [-0.15, -0.1) is 0 Å². The molecule has 0 unspecified atom stereocenters. The summed E-state index contributed by atoms with van der Waals surface area (Å²) in [6.45, 7) is 7.90. The third kappa shape index (κ3) is 3.12. The van der Waals surface area contributed by atoms with Crippen LogP contribution in [0.5, 0.6) is 0 Å².